The van der Waals surface area contributed by atoms with Crippen LogP contribution < -0.4 is 0 Å². The first kappa shape index (κ1) is 12.8. The Morgan fingerprint density at radius 2 is 2.06 bits per heavy atom. The van der Waals surface area contributed by atoms with Gasteiger partial charge in [0.2, 0.25) is 0 Å². The van der Waals surface area contributed by atoms with Gasteiger partial charge in [-0.2, -0.15) is 0 Å². The van der Waals surface area contributed by atoms with Crippen LogP contribution in [0.25, 0.3) is 0 Å². The van der Waals surface area contributed by atoms with Crippen LogP contribution in [-0.4, -0.2) is 54.4 Å². The van der Waals surface area contributed by atoms with Crippen LogP contribution in [0.4, 0.5) is 0 Å². The van der Waals surface area contributed by atoms with E-state index in [0.717, 1.165) is 6.04 Å². The average Bonchev–Trinajstić information content (AvgIpc) is 3.06. The zero-order valence-corrected chi connectivity index (χ0v) is 12.3. The van der Waals surface area contributed by atoms with Crippen molar-refractivity contribution < 1.29 is 0 Å². The Kier molecular flexibility index (Phi) is 4.31. The molecule has 16 heavy (non-hydrogen) atoms. The van der Waals surface area contributed by atoms with Crippen molar-refractivity contribution >= 4 is 15.9 Å². The van der Waals surface area contributed by atoms with Crippen molar-refractivity contribution in [2.45, 2.75) is 38.6 Å². The number of alkyl halides is 1. The fourth-order valence-electron chi connectivity index (χ4n) is 2.83. The summed E-state index contributed by atoms with van der Waals surface area (Å²) in [6, 6.07) is 0.782. The molecule has 1 aliphatic carbocycles. The number of hydrogen-bond acceptors (Lipinski definition) is 2. The summed E-state index contributed by atoms with van der Waals surface area (Å²) in [5.74, 6) is 0. The van der Waals surface area contributed by atoms with Crippen LogP contribution in [0.5, 0.6) is 0 Å². The lowest BCUT2D eigenvalue weighted by molar-refractivity contribution is 0.157. The minimum absolute atomic E-state index is 0.635. The van der Waals surface area contributed by atoms with Gasteiger partial charge >= 0.3 is 0 Å². The highest BCUT2D eigenvalue weighted by Gasteiger charge is 2.43. The third-order valence-corrected chi connectivity index (χ3v) is 5.46. The second-order valence-electron chi connectivity index (χ2n) is 5.78. The monoisotopic (exact) mass is 288 g/mol. The number of rotatable bonds is 4. The molecule has 1 saturated heterocycles. The Bertz CT molecular complexity index is 228. The van der Waals surface area contributed by atoms with Crippen molar-refractivity contribution in [1.82, 2.24) is 9.80 Å². The maximum atomic E-state index is 3.70. The summed E-state index contributed by atoms with van der Waals surface area (Å²) in [5, 5.41) is 1.20. The zero-order valence-electron chi connectivity index (χ0n) is 10.7. The van der Waals surface area contributed by atoms with Gasteiger partial charge in [0.25, 0.3) is 0 Å². The molecule has 0 amide bonds. The quantitative estimate of drug-likeness (QED) is 0.734. The highest BCUT2D eigenvalue weighted by Crippen LogP contribution is 2.48. The molecule has 2 fully saturated rings. The first-order valence-corrected chi connectivity index (χ1v) is 7.80. The lowest BCUT2D eigenvalue weighted by atomic mass is 10.1. The third kappa shape index (κ3) is 2.99. The lowest BCUT2D eigenvalue weighted by Crippen LogP contribution is -2.43. The van der Waals surface area contributed by atoms with E-state index in [1.165, 1.54) is 57.2 Å². The van der Waals surface area contributed by atoms with Crippen molar-refractivity contribution in [3.8, 4) is 0 Å². The van der Waals surface area contributed by atoms with E-state index in [9.17, 15) is 0 Å². The first-order valence-electron chi connectivity index (χ1n) is 6.68. The molecule has 1 saturated carbocycles. The summed E-state index contributed by atoms with van der Waals surface area (Å²) < 4.78 is 0. The van der Waals surface area contributed by atoms with Gasteiger partial charge in [-0.25, -0.2) is 0 Å². The van der Waals surface area contributed by atoms with Gasteiger partial charge in [-0.05, 0) is 51.2 Å². The minimum Gasteiger partial charge on any atom is -0.305 e. The number of nitrogens with zero attached hydrogens (tertiary/aromatic N) is 2. The van der Waals surface area contributed by atoms with Crippen LogP contribution in [0.3, 0.4) is 0 Å². The summed E-state index contributed by atoms with van der Waals surface area (Å²) in [5.41, 5.74) is 0.635. The SMILES string of the molecule is CCC1CN(C)CCCN1CC1(CBr)CC1. The summed E-state index contributed by atoms with van der Waals surface area (Å²) in [7, 11) is 2.27. The maximum Gasteiger partial charge on any atom is 0.0220 e. The number of likely N-dealkylation sites (N-methyl/N-ethyl adjacent to an activating group) is 1. The smallest absolute Gasteiger partial charge is 0.0220 e. The molecule has 0 radical (unpaired) electrons. The van der Waals surface area contributed by atoms with E-state index in [1.54, 1.807) is 0 Å². The highest BCUT2D eigenvalue weighted by atomic mass is 79.9. The van der Waals surface area contributed by atoms with Gasteiger partial charge < -0.3 is 4.90 Å². The van der Waals surface area contributed by atoms with Gasteiger partial charge in [-0.1, -0.05) is 22.9 Å². The zero-order chi connectivity index (χ0) is 11.6. The molecule has 2 aliphatic rings. The predicted molar refractivity (Wildman–Crippen MR) is 73.2 cm³/mol. The van der Waals surface area contributed by atoms with Crippen molar-refractivity contribution in [2.75, 3.05) is 38.6 Å². The second kappa shape index (κ2) is 5.36. The molecule has 0 aromatic rings. The van der Waals surface area contributed by atoms with Gasteiger partial charge in [0.05, 0.1) is 0 Å². The molecule has 94 valence electrons. The highest BCUT2D eigenvalue weighted by molar-refractivity contribution is 9.09. The molecule has 1 heterocycles. The van der Waals surface area contributed by atoms with E-state index < -0.39 is 0 Å². The number of halogens is 1. The molecular weight excluding hydrogens is 264 g/mol. The summed E-state index contributed by atoms with van der Waals surface area (Å²) in [4.78, 5) is 5.26. The van der Waals surface area contributed by atoms with Crippen molar-refractivity contribution in [2.24, 2.45) is 5.41 Å². The minimum atomic E-state index is 0.635. The molecular formula is C13H25BrN2. The average molecular weight is 289 g/mol. The van der Waals surface area contributed by atoms with Gasteiger partial charge in [0.15, 0.2) is 0 Å². The van der Waals surface area contributed by atoms with E-state index in [-0.39, 0.29) is 0 Å². The Morgan fingerprint density at radius 1 is 1.31 bits per heavy atom. The van der Waals surface area contributed by atoms with Gasteiger partial charge in [0.1, 0.15) is 0 Å². The van der Waals surface area contributed by atoms with Crippen molar-refractivity contribution in [3.05, 3.63) is 0 Å². The summed E-state index contributed by atoms with van der Waals surface area (Å²) >= 11 is 3.70. The van der Waals surface area contributed by atoms with E-state index in [0.29, 0.717) is 5.41 Å². The lowest BCUT2D eigenvalue weighted by Gasteiger charge is -2.32. The van der Waals surface area contributed by atoms with Gasteiger partial charge in [-0.15, -0.1) is 0 Å². The van der Waals surface area contributed by atoms with Gasteiger partial charge in [-0.3, -0.25) is 4.90 Å². The Hall–Kier alpha value is 0.400. The molecule has 1 unspecified atom stereocenters. The van der Waals surface area contributed by atoms with Crippen LogP contribution in [0.15, 0.2) is 0 Å². The molecule has 1 atom stereocenters. The van der Waals surface area contributed by atoms with Crippen molar-refractivity contribution in [3.63, 3.8) is 0 Å². The van der Waals surface area contributed by atoms with E-state index in [1.807, 2.05) is 0 Å². The molecule has 0 bridgehead atoms. The van der Waals surface area contributed by atoms with E-state index in [2.05, 4.69) is 39.7 Å². The fraction of sp³-hybridized carbons (Fsp3) is 1.00. The Morgan fingerprint density at radius 3 is 2.62 bits per heavy atom. The fourth-order valence-corrected chi connectivity index (χ4v) is 3.57. The topological polar surface area (TPSA) is 6.48 Å². The Labute approximate surface area is 108 Å². The standard InChI is InChI=1S/C13H25BrN2/c1-3-12-9-15(2)7-4-8-16(12)11-13(10-14)5-6-13/h12H,3-11H2,1-2H3. The second-order valence-corrected chi connectivity index (χ2v) is 6.34. The molecule has 0 spiro atoms. The molecule has 0 aromatic heterocycles. The first-order chi connectivity index (χ1) is 7.69. The van der Waals surface area contributed by atoms with E-state index >= 15 is 0 Å². The molecule has 1 aliphatic heterocycles. The molecule has 0 aromatic carbocycles. The summed E-state index contributed by atoms with van der Waals surface area (Å²) in [6.45, 7) is 7.50. The van der Waals surface area contributed by atoms with Crippen LogP contribution in [0, 0.1) is 5.41 Å². The third-order valence-electron chi connectivity index (χ3n) is 4.27. The van der Waals surface area contributed by atoms with Gasteiger partial charge in [0, 0.05) is 24.5 Å². The number of hydrogen-bond donors (Lipinski definition) is 0. The summed E-state index contributed by atoms with van der Waals surface area (Å²) in [6.07, 6.45) is 5.50. The molecule has 0 N–H and O–H groups in total. The molecule has 3 heteroatoms. The van der Waals surface area contributed by atoms with Crippen molar-refractivity contribution in [1.29, 1.82) is 0 Å². The maximum absolute atomic E-state index is 3.70. The van der Waals surface area contributed by atoms with Crippen LogP contribution >= 0.6 is 15.9 Å². The van der Waals surface area contributed by atoms with Crippen LogP contribution in [0.2, 0.25) is 0 Å². The van der Waals surface area contributed by atoms with Crippen LogP contribution in [0.1, 0.15) is 32.6 Å². The molecule has 2 nitrogen and oxygen atoms in total. The largest absolute Gasteiger partial charge is 0.305 e. The predicted octanol–water partition coefficient (Wildman–Crippen LogP) is 2.58. The Balaban J connectivity index is 1.94. The van der Waals surface area contributed by atoms with E-state index in [4.69, 9.17) is 0 Å². The molecule has 2 rings (SSSR count). The normalized spacial score (nSPS) is 31.3. The van der Waals surface area contributed by atoms with Crippen LogP contribution in [-0.2, 0) is 0 Å².